The maximum atomic E-state index is 12.8. The van der Waals surface area contributed by atoms with Gasteiger partial charge in [0.2, 0.25) is 0 Å². The molecule has 0 aromatic rings. The number of ketones is 2. The van der Waals surface area contributed by atoms with E-state index in [1.165, 1.54) is 11.8 Å². The molecule has 0 spiro atoms. The molecule has 5 nitrogen and oxygen atoms in total. The molecule has 0 saturated carbocycles. The Morgan fingerprint density at radius 3 is 1.81 bits per heavy atom. The monoisotopic (exact) mass is 315 g/mol. The second kappa shape index (κ2) is 7.72. The summed E-state index contributed by atoms with van der Waals surface area (Å²) in [4.78, 5) is 24.4. The van der Waals surface area contributed by atoms with Crippen LogP contribution in [-0.4, -0.2) is 40.8 Å². The third-order valence-corrected chi connectivity index (χ3v) is 6.00. The topological polar surface area (TPSA) is 98.2 Å². The summed E-state index contributed by atoms with van der Waals surface area (Å²) in [6.07, 6.45) is 1.61. The van der Waals surface area contributed by atoms with Crippen LogP contribution in [0, 0.1) is 11.8 Å². The number of nitrogens with one attached hydrogen (secondary N) is 1. The van der Waals surface area contributed by atoms with Crippen LogP contribution in [0.2, 0.25) is 0 Å². The largest absolute Gasteiger partial charge is 0.321 e. The van der Waals surface area contributed by atoms with Gasteiger partial charge in [0.25, 0.3) is 0 Å². The van der Waals surface area contributed by atoms with Crippen molar-refractivity contribution in [2.75, 3.05) is 12.3 Å². The zero-order valence-corrected chi connectivity index (χ0v) is 14.3. The fourth-order valence-electron chi connectivity index (χ4n) is 2.41. The summed E-state index contributed by atoms with van der Waals surface area (Å²) in [7, 11) is 0. The van der Waals surface area contributed by atoms with E-state index in [4.69, 9.17) is 11.5 Å². The van der Waals surface area contributed by atoms with Crippen molar-refractivity contribution in [3.05, 3.63) is 0 Å². The predicted molar refractivity (Wildman–Crippen MR) is 88.1 cm³/mol. The molecule has 6 heteroatoms. The summed E-state index contributed by atoms with van der Waals surface area (Å²) in [5.41, 5.74) is 12.2. The number of rotatable bonds is 8. The highest BCUT2D eigenvalue weighted by Gasteiger charge is 2.52. The molecule has 4 atom stereocenters. The number of thioether (sulfide) groups is 1. The maximum absolute atomic E-state index is 12.8. The van der Waals surface area contributed by atoms with Crippen molar-refractivity contribution in [3.8, 4) is 0 Å². The molecule has 0 aromatic heterocycles. The van der Waals surface area contributed by atoms with Crippen LogP contribution in [0.5, 0.6) is 0 Å². The van der Waals surface area contributed by atoms with Crippen LogP contribution >= 0.6 is 11.8 Å². The van der Waals surface area contributed by atoms with Gasteiger partial charge in [0.15, 0.2) is 16.4 Å². The molecule has 0 aromatic carbocycles. The Balaban J connectivity index is 3.03. The number of carbonyl (C=O) groups is 2. The lowest BCUT2D eigenvalue weighted by Crippen LogP contribution is -2.63. The van der Waals surface area contributed by atoms with Gasteiger partial charge in [-0.1, -0.05) is 40.5 Å². The lowest BCUT2D eigenvalue weighted by atomic mass is 9.85. The second-order valence-electron chi connectivity index (χ2n) is 6.01. The summed E-state index contributed by atoms with van der Waals surface area (Å²) >= 11 is 1.35. The van der Waals surface area contributed by atoms with Gasteiger partial charge in [0, 0.05) is 12.3 Å². The molecular formula is C15H29N3O2S. The van der Waals surface area contributed by atoms with Gasteiger partial charge >= 0.3 is 0 Å². The van der Waals surface area contributed by atoms with E-state index in [-0.39, 0.29) is 23.4 Å². The Morgan fingerprint density at radius 1 is 1.10 bits per heavy atom. The molecule has 0 bridgehead atoms. The highest BCUT2D eigenvalue weighted by Crippen LogP contribution is 2.33. The zero-order chi connectivity index (χ0) is 16.2. The molecule has 1 saturated heterocycles. The zero-order valence-electron chi connectivity index (χ0n) is 13.5. The van der Waals surface area contributed by atoms with Gasteiger partial charge in [-0.3, -0.25) is 14.9 Å². The Hall–Kier alpha value is -0.430. The summed E-state index contributed by atoms with van der Waals surface area (Å²) in [5.74, 6) is 0.374. The van der Waals surface area contributed by atoms with Crippen molar-refractivity contribution >= 4 is 23.3 Å². The first-order valence-corrected chi connectivity index (χ1v) is 8.79. The van der Waals surface area contributed by atoms with Crippen molar-refractivity contribution in [2.24, 2.45) is 23.3 Å². The number of hydrogen-bond donors (Lipinski definition) is 3. The standard InChI is InChI=1S/C15H29N3O2S/c1-5-9(3)11(16)13(19)15(18-7-8-21-15)14(20)12(17)10(4)6-2/h9-12,18H,5-8,16-17H2,1-4H3. The molecule has 21 heavy (non-hydrogen) atoms. The molecule has 1 rings (SSSR count). The first-order valence-electron chi connectivity index (χ1n) is 7.80. The van der Waals surface area contributed by atoms with E-state index in [0.717, 1.165) is 18.6 Å². The average Bonchev–Trinajstić information content (AvgIpc) is 3.00. The van der Waals surface area contributed by atoms with E-state index in [0.29, 0.717) is 6.54 Å². The fraction of sp³-hybridized carbons (Fsp3) is 0.867. The molecule has 122 valence electrons. The lowest BCUT2D eigenvalue weighted by molar-refractivity contribution is -0.134. The van der Waals surface area contributed by atoms with Gasteiger partial charge < -0.3 is 11.5 Å². The van der Waals surface area contributed by atoms with Crippen molar-refractivity contribution in [2.45, 2.75) is 57.5 Å². The summed E-state index contributed by atoms with van der Waals surface area (Å²) in [5, 5.41) is 3.09. The summed E-state index contributed by atoms with van der Waals surface area (Å²) < 4.78 is 0. The maximum Gasteiger partial charge on any atom is 0.187 e. The van der Waals surface area contributed by atoms with Crippen molar-refractivity contribution in [1.29, 1.82) is 0 Å². The molecule has 0 radical (unpaired) electrons. The van der Waals surface area contributed by atoms with E-state index in [1.807, 2.05) is 27.7 Å². The first-order chi connectivity index (χ1) is 9.81. The Labute approximate surface area is 132 Å². The molecule has 0 aliphatic carbocycles. The SMILES string of the molecule is CCC(C)C(N)C(=O)C1(C(=O)C(N)C(C)CC)NCCS1. The molecule has 1 heterocycles. The van der Waals surface area contributed by atoms with E-state index < -0.39 is 17.0 Å². The van der Waals surface area contributed by atoms with Crippen LogP contribution in [0.3, 0.4) is 0 Å². The normalized spacial score (nSPS) is 27.9. The number of hydrogen-bond acceptors (Lipinski definition) is 6. The molecular weight excluding hydrogens is 286 g/mol. The van der Waals surface area contributed by atoms with Crippen molar-refractivity contribution in [3.63, 3.8) is 0 Å². The fourth-order valence-corrected chi connectivity index (χ4v) is 3.69. The van der Waals surface area contributed by atoms with Crippen LogP contribution in [0.15, 0.2) is 0 Å². The van der Waals surface area contributed by atoms with Crippen molar-refractivity contribution < 1.29 is 9.59 Å². The average molecular weight is 315 g/mol. The Bertz CT molecular complexity index is 353. The van der Waals surface area contributed by atoms with E-state index in [9.17, 15) is 9.59 Å². The number of Topliss-reactive ketones (excluding diaryl/α,β-unsaturated/α-hetero) is 2. The smallest absolute Gasteiger partial charge is 0.187 e. The molecule has 0 amide bonds. The Kier molecular flexibility index (Phi) is 6.84. The van der Waals surface area contributed by atoms with Crippen LogP contribution in [0.25, 0.3) is 0 Å². The van der Waals surface area contributed by atoms with E-state index in [2.05, 4.69) is 5.32 Å². The lowest BCUT2D eigenvalue weighted by Gasteiger charge is -2.33. The van der Waals surface area contributed by atoms with Crippen LogP contribution < -0.4 is 16.8 Å². The van der Waals surface area contributed by atoms with Gasteiger partial charge in [0.05, 0.1) is 12.1 Å². The van der Waals surface area contributed by atoms with Gasteiger partial charge in [-0.2, -0.15) is 0 Å². The van der Waals surface area contributed by atoms with Gasteiger partial charge in [-0.05, 0) is 11.8 Å². The predicted octanol–water partition coefficient (Wildman–Crippen LogP) is 0.904. The Morgan fingerprint density at radius 2 is 1.52 bits per heavy atom. The second-order valence-corrected chi connectivity index (χ2v) is 7.32. The van der Waals surface area contributed by atoms with E-state index >= 15 is 0 Å². The van der Waals surface area contributed by atoms with Gasteiger partial charge in [-0.15, -0.1) is 11.8 Å². The van der Waals surface area contributed by atoms with Crippen LogP contribution in [-0.2, 0) is 9.59 Å². The van der Waals surface area contributed by atoms with Gasteiger partial charge in [-0.25, -0.2) is 0 Å². The minimum Gasteiger partial charge on any atom is -0.321 e. The number of carbonyl (C=O) groups excluding carboxylic acids is 2. The molecule has 1 aliphatic heterocycles. The van der Waals surface area contributed by atoms with Gasteiger partial charge in [0.1, 0.15) is 0 Å². The van der Waals surface area contributed by atoms with E-state index in [1.54, 1.807) is 0 Å². The minimum atomic E-state index is -1.24. The first kappa shape index (κ1) is 18.6. The molecule has 4 unspecified atom stereocenters. The molecule has 5 N–H and O–H groups in total. The van der Waals surface area contributed by atoms with Crippen molar-refractivity contribution in [1.82, 2.24) is 5.32 Å². The van der Waals surface area contributed by atoms with Crippen LogP contribution in [0.1, 0.15) is 40.5 Å². The molecule has 1 aliphatic rings. The summed E-state index contributed by atoms with van der Waals surface area (Å²) in [6.45, 7) is 8.49. The third kappa shape index (κ3) is 3.67. The highest BCUT2D eigenvalue weighted by molar-refractivity contribution is 8.02. The minimum absolute atomic E-state index is 0.0463. The third-order valence-electron chi connectivity index (χ3n) is 4.61. The highest BCUT2D eigenvalue weighted by atomic mass is 32.2. The molecule has 1 fully saturated rings. The quantitative estimate of drug-likeness (QED) is 0.576. The number of nitrogens with two attached hydrogens (primary N) is 2. The van der Waals surface area contributed by atoms with Crippen LogP contribution in [0.4, 0.5) is 0 Å². The summed E-state index contributed by atoms with van der Waals surface area (Å²) in [6, 6.07) is -1.28.